The third-order valence-electron chi connectivity index (χ3n) is 7.56. The number of carboxylic acids is 1. The molecule has 0 unspecified atom stereocenters. The van der Waals surface area contributed by atoms with Gasteiger partial charge in [-0.05, 0) is 59.9 Å². The summed E-state index contributed by atoms with van der Waals surface area (Å²) in [6.45, 7) is 2.88. The molecule has 0 bridgehead atoms. The van der Waals surface area contributed by atoms with Crippen molar-refractivity contribution in [2.24, 2.45) is 0 Å². The minimum absolute atomic E-state index is 0.0128. The van der Waals surface area contributed by atoms with Gasteiger partial charge in [0.25, 0.3) is 11.8 Å². The highest BCUT2D eigenvalue weighted by Crippen LogP contribution is 2.31. The van der Waals surface area contributed by atoms with E-state index in [1.165, 1.54) is 4.90 Å². The first-order chi connectivity index (χ1) is 22.4. The molecular formula is C37H40N2O7. The Balaban J connectivity index is 1.65. The summed E-state index contributed by atoms with van der Waals surface area (Å²) in [6, 6.07) is 29.3. The summed E-state index contributed by atoms with van der Waals surface area (Å²) in [4.78, 5) is 42.8. The summed E-state index contributed by atoms with van der Waals surface area (Å²) >= 11 is 0. The molecule has 240 valence electrons. The third kappa shape index (κ3) is 8.73. The van der Waals surface area contributed by atoms with Crippen LogP contribution in [0.1, 0.15) is 45.2 Å². The number of carbonyl (C=O) groups is 3. The van der Waals surface area contributed by atoms with Crippen molar-refractivity contribution in [1.82, 2.24) is 9.80 Å². The van der Waals surface area contributed by atoms with Crippen molar-refractivity contribution < 1.29 is 34.1 Å². The van der Waals surface area contributed by atoms with Crippen LogP contribution in [0.5, 0.6) is 11.5 Å². The summed E-state index contributed by atoms with van der Waals surface area (Å²) in [5.41, 5.74) is 3.71. The zero-order chi connectivity index (χ0) is 32.9. The number of ether oxygens (including phenoxy) is 2. The van der Waals surface area contributed by atoms with Crippen LogP contribution in [0, 0.1) is 0 Å². The second kappa shape index (κ2) is 16.8. The van der Waals surface area contributed by atoms with E-state index in [0.29, 0.717) is 53.3 Å². The second-order valence-electron chi connectivity index (χ2n) is 10.6. The average Bonchev–Trinajstić information content (AvgIpc) is 3.08. The third-order valence-corrected chi connectivity index (χ3v) is 7.56. The lowest BCUT2D eigenvalue weighted by Crippen LogP contribution is -2.35. The van der Waals surface area contributed by atoms with Crippen molar-refractivity contribution >= 4 is 17.8 Å². The maximum Gasteiger partial charge on any atom is 0.305 e. The normalized spacial score (nSPS) is 10.7. The number of carbonyl (C=O) groups excluding carboxylic acids is 2. The van der Waals surface area contributed by atoms with Crippen LogP contribution in [0.15, 0.2) is 97.1 Å². The molecule has 0 aliphatic carbocycles. The van der Waals surface area contributed by atoms with Crippen LogP contribution in [0.3, 0.4) is 0 Å². The van der Waals surface area contributed by atoms with Gasteiger partial charge in [0, 0.05) is 37.3 Å². The molecule has 0 spiro atoms. The Bertz CT molecular complexity index is 1620. The molecule has 0 aromatic heterocycles. The zero-order valence-corrected chi connectivity index (χ0v) is 26.2. The molecule has 0 aliphatic heterocycles. The molecule has 2 N–H and O–H groups in total. The number of benzene rings is 4. The average molecular weight is 625 g/mol. The van der Waals surface area contributed by atoms with Gasteiger partial charge in [-0.1, -0.05) is 72.8 Å². The molecule has 0 radical (unpaired) electrons. The highest BCUT2D eigenvalue weighted by molar-refractivity contribution is 6.06. The summed E-state index contributed by atoms with van der Waals surface area (Å²) in [7, 11) is 1.57. The summed E-state index contributed by atoms with van der Waals surface area (Å²) < 4.78 is 11.1. The number of aliphatic hydroxyl groups excluding tert-OH is 1. The molecule has 9 heteroatoms. The predicted molar refractivity (Wildman–Crippen MR) is 176 cm³/mol. The van der Waals surface area contributed by atoms with Gasteiger partial charge in [0.2, 0.25) is 0 Å². The molecule has 4 rings (SSSR count). The highest BCUT2D eigenvalue weighted by atomic mass is 16.5. The second-order valence-corrected chi connectivity index (χ2v) is 10.6. The Hall–Kier alpha value is -5.15. The van der Waals surface area contributed by atoms with Gasteiger partial charge < -0.3 is 29.5 Å². The SMILES string of the molecule is CCOc1cc(CCN(CCC(=O)O)C(=O)c2ccccc2-c2ccccc2C(=O)N(CCO)Cc2ccccc2)ccc1OC. The van der Waals surface area contributed by atoms with Crippen LogP contribution < -0.4 is 9.47 Å². The molecule has 0 saturated heterocycles. The quantitative estimate of drug-likeness (QED) is 0.168. The fourth-order valence-electron chi connectivity index (χ4n) is 5.28. The molecule has 0 aliphatic rings. The van der Waals surface area contributed by atoms with Crippen molar-refractivity contribution in [3.05, 3.63) is 119 Å². The molecule has 9 nitrogen and oxygen atoms in total. The van der Waals surface area contributed by atoms with E-state index in [4.69, 9.17) is 9.47 Å². The van der Waals surface area contributed by atoms with Gasteiger partial charge in [-0.2, -0.15) is 0 Å². The fraction of sp³-hybridized carbons (Fsp3) is 0.270. The van der Waals surface area contributed by atoms with Gasteiger partial charge in [-0.25, -0.2) is 0 Å². The lowest BCUT2D eigenvalue weighted by atomic mass is 9.93. The Labute approximate surface area is 269 Å². The molecular weight excluding hydrogens is 584 g/mol. The smallest absolute Gasteiger partial charge is 0.305 e. The molecule has 4 aromatic rings. The monoisotopic (exact) mass is 624 g/mol. The number of hydrogen-bond acceptors (Lipinski definition) is 6. The minimum atomic E-state index is -1.01. The molecule has 46 heavy (non-hydrogen) atoms. The number of rotatable bonds is 16. The molecule has 2 amide bonds. The van der Waals surface area contributed by atoms with Crippen LogP contribution in [0.25, 0.3) is 11.1 Å². The first kappa shape index (κ1) is 33.7. The summed E-state index contributed by atoms with van der Waals surface area (Å²) in [5, 5.41) is 19.2. The predicted octanol–water partition coefficient (Wildman–Crippen LogP) is 5.56. The topological polar surface area (TPSA) is 117 Å². The standard InChI is InChI=1S/C37H40N2O7/c1-3-46-34-25-27(17-18-33(34)45-2)19-21-38(22-20-35(41)42)36(43)31-15-9-7-13-29(31)30-14-8-10-16-32(30)37(44)39(23-24-40)26-28-11-5-4-6-12-28/h4-18,25,40H,3,19-24,26H2,1-2H3,(H,41,42). The number of nitrogens with zero attached hydrogens (tertiary/aromatic N) is 2. The van der Waals surface area contributed by atoms with Crippen molar-refractivity contribution in [1.29, 1.82) is 0 Å². The Morgan fingerprint density at radius 1 is 0.696 bits per heavy atom. The van der Waals surface area contributed by atoms with E-state index in [1.54, 1.807) is 54.5 Å². The van der Waals surface area contributed by atoms with Crippen molar-refractivity contribution in [2.75, 3.05) is 40.0 Å². The van der Waals surface area contributed by atoms with E-state index < -0.39 is 5.97 Å². The first-order valence-electron chi connectivity index (χ1n) is 15.3. The van der Waals surface area contributed by atoms with Crippen LogP contribution in [0.4, 0.5) is 0 Å². The Morgan fingerprint density at radius 3 is 1.89 bits per heavy atom. The number of aliphatic carboxylic acids is 1. The van der Waals surface area contributed by atoms with E-state index in [9.17, 15) is 24.6 Å². The zero-order valence-electron chi connectivity index (χ0n) is 26.2. The van der Waals surface area contributed by atoms with Crippen LogP contribution in [-0.2, 0) is 17.8 Å². The Kier molecular flexibility index (Phi) is 12.3. The van der Waals surface area contributed by atoms with Crippen molar-refractivity contribution in [3.63, 3.8) is 0 Å². The van der Waals surface area contributed by atoms with Gasteiger partial charge in [0.15, 0.2) is 11.5 Å². The molecule has 4 aromatic carbocycles. The van der Waals surface area contributed by atoms with Gasteiger partial charge in [0.1, 0.15) is 0 Å². The van der Waals surface area contributed by atoms with Gasteiger partial charge >= 0.3 is 5.97 Å². The van der Waals surface area contributed by atoms with Crippen molar-refractivity contribution in [2.45, 2.75) is 26.3 Å². The highest BCUT2D eigenvalue weighted by Gasteiger charge is 2.25. The number of amides is 2. The number of methoxy groups -OCH3 is 1. The molecule has 0 heterocycles. The molecule has 0 atom stereocenters. The van der Waals surface area contributed by atoms with Crippen LogP contribution in [-0.4, -0.2) is 77.8 Å². The van der Waals surface area contributed by atoms with E-state index in [-0.39, 0.29) is 44.5 Å². The molecule has 0 saturated carbocycles. The number of aliphatic hydroxyl groups is 1. The lowest BCUT2D eigenvalue weighted by Gasteiger charge is -2.25. The van der Waals surface area contributed by atoms with Crippen molar-refractivity contribution in [3.8, 4) is 22.6 Å². The fourth-order valence-corrected chi connectivity index (χ4v) is 5.28. The maximum absolute atomic E-state index is 14.2. The van der Waals surface area contributed by atoms with Gasteiger partial charge in [-0.15, -0.1) is 0 Å². The van der Waals surface area contributed by atoms with Crippen LogP contribution in [0.2, 0.25) is 0 Å². The van der Waals surface area contributed by atoms with E-state index in [2.05, 4.69) is 0 Å². The number of carboxylic acid groups (broad SMARTS) is 1. The summed E-state index contributed by atoms with van der Waals surface area (Å²) in [5.74, 6) is -0.419. The van der Waals surface area contributed by atoms with E-state index >= 15 is 0 Å². The van der Waals surface area contributed by atoms with Gasteiger partial charge in [-0.3, -0.25) is 14.4 Å². The van der Waals surface area contributed by atoms with Crippen LogP contribution >= 0.6 is 0 Å². The molecule has 0 fully saturated rings. The van der Waals surface area contributed by atoms with E-state index in [0.717, 1.165) is 11.1 Å². The Morgan fingerprint density at radius 2 is 1.30 bits per heavy atom. The number of hydrogen-bond donors (Lipinski definition) is 2. The minimum Gasteiger partial charge on any atom is -0.493 e. The first-order valence-corrected chi connectivity index (χ1v) is 15.3. The summed E-state index contributed by atoms with van der Waals surface area (Å²) in [6.07, 6.45) is 0.244. The largest absolute Gasteiger partial charge is 0.493 e. The lowest BCUT2D eigenvalue weighted by molar-refractivity contribution is -0.137. The van der Waals surface area contributed by atoms with Gasteiger partial charge in [0.05, 0.1) is 26.7 Å². The maximum atomic E-state index is 14.2. The van der Waals surface area contributed by atoms with E-state index in [1.807, 2.05) is 61.5 Å².